The van der Waals surface area contributed by atoms with Gasteiger partial charge in [0, 0.05) is 12.8 Å². The van der Waals surface area contributed by atoms with Gasteiger partial charge in [0.15, 0.2) is 0 Å². The lowest BCUT2D eigenvalue weighted by Gasteiger charge is -2.12. The van der Waals surface area contributed by atoms with E-state index < -0.39 is 11.7 Å². The van der Waals surface area contributed by atoms with Crippen molar-refractivity contribution in [2.24, 2.45) is 5.92 Å². The SMILES string of the molecule is CC(C)CCc1cn(-c2ccc(CC(=O)Cc3ccccc3C(F)(F)F)cc2)nn1. The van der Waals surface area contributed by atoms with E-state index in [1.807, 2.05) is 18.3 Å². The van der Waals surface area contributed by atoms with Crippen LogP contribution in [0, 0.1) is 5.92 Å². The summed E-state index contributed by atoms with van der Waals surface area (Å²) in [6, 6.07) is 12.4. The Morgan fingerprint density at radius 3 is 2.40 bits per heavy atom. The average molecular weight is 415 g/mol. The summed E-state index contributed by atoms with van der Waals surface area (Å²) in [5, 5.41) is 8.31. The van der Waals surface area contributed by atoms with Gasteiger partial charge in [0.2, 0.25) is 0 Å². The smallest absolute Gasteiger partial charge is 0.299 e. The van der Waals surface area contributed by atoms with Crippen molar-refractivity contribution in [2.75, 3.05) is 0 Å². The largest absolute Gasteiger partial charge is 0.416 e. The maximum absolute atomic E-state index is 13.1. The summed E-state index contributed by atoms with van der Waals surface area (Å²) in [7, 11) is 0. The molecule has 4 nitrogen and oxygen atoms in total. The van der Waals surface area contributed by atoms with E-state index in [0.717, 1.165) is 35.9 Å². The van der Waals surface area contributed by atoms with Crippen molar-refractivity contribution >= 4 is 5.78 Å². The predicted molar refractivity (Wildman–Crippen MR) is 108 cm³/mol. The molecule has 1 heterocycles. The molecule has 0 spiro atoms. The predicted octanol–water partition coefficient (Wildman–Crippen LogP) is 5.23. The maximum atomic E-state index is 13.1. The number of Topliss-reactive ketones (excluding diaryl/α,β-unsaturated/α-hetero) is 1. The number of nitrogens with zero attached hydrogens (tertiary/aromatic N) is 3. The fourth-order valence-electron chi connectivity index (χ4n) is 3.20. The van der Waals surface area contributed by atoms with E-state index in [1.165, 1.54) is 18.2 Å². The Morgan fingerprint density at radius 2 is 1.73 bits per heavy atom. The van der Waals surface area contributed by atoms with Gasteiger partial charge in [-0.25, -0.2) is 4.68 Å². The third-order valence-electron chi connectivity index (χ3n) is 4.83. The first kappa shape index (κ1) is 21.7. The van der Waals surface area contributed by atoms with E-state index in [-0.39, 0.29) is 24.2 Å². The van der Waals surface area contributed by atoms with Crippen LogP contribution in [0.5, 0.6) is 0 Å². The number of hydrogen-bond donors (Lipinski definition) is 0. The van der Waals surface area contributed by atoms with Gasteiger partial charge in [-0.1, -0.05) is 49.4 Å². The zero-order valence-corrected chi connectivity index (χ0v) is 17.0. The lowest BCUT2D eigenvalue weighted by molar-refractivity contribution is -0.138. The minimum atomic E-state index is -4.47. The molecule has 2 aromatic carbocycles. The molecule has 0 amide bonds. The van der Waals surface area contributed by atoms with E-state index in [0.29, 0.717) is 5.92 Å². The van der Waals surface area contributed by atoms with Crippen LogP contribution in [-0.2, 0) is 30.2 Å². The van der Waals surface area contributed by atoms with Gasteiger partial charge in [-0.05, 0) is 48.1 Å². The second kappa shape index (κ2) is 9.24. The van der Waals surface area contributed by atoms with Crippen LogP contribution in [-0.4, -0.2) is 20.8 Å². The van der Waals surface area contributed by atoms with Crippen LogP contribution in [0.2, 0.25) is 0 Å². The number of benzene rings is 2. The van der Waals surface area contributed by atoms with Crippen molar-refractivity contribution in [3.05, 3.63) is 77.1 Å². The highest BCUT2D eigenvalue weighted by atomic mass is 19.4. The third-order valence-corrected chi connectivity index (χ3v) is 4.83. The number of hydrogen-bond acceptors (Lipinski definition) is 3. The summed E-state index contributed by atoms with van der Waals surface area (Å²) in [5.74, 6) is 0.325. The van der Waals surface area contributed by atoms with Crippen LogP contribution in [0.15, 0.2) is 54.7 Å². The van der Waals surface area contributed by atoms with Crippen molar-refractivity contribution in [2.45, 2.75) is 45.7 Å². The van der Waals surface area contributed by atoms with E-state index in [4.69, 9.17) is 0 Å². The molecular formula is C23H24F3N3O. The number of aromatic nitrogens is 3. The van der Waals surface area contributed by atoms with E-state index in [2.05, 4.69) is 24.2 Å². The fraction of sp³-hybridized carbons (Fsp3) is 0.348. The molecule has 158 valence electrons. The topological polar surface area (TPSA) is 47.8 Å². The normalized spacial score (nSPS) is 11.8. The Balaban J connectivity index is 1.63. The molecule has 0 fully saturated rings. The Labute approximate surface area is 173 Å². The Hall–Kier alpha value is -2.96. The van der Waals surface area contributed by atoms with Gasteiger partial charge in [-0.2, -0.15) is 13.2 Å². The van der Waals surface area contributed by atoms with Crippen LogP contribution in [0.25, 0.3) is 5.69 Å². The molecule has 0 aliphatic carbocycles. The molecule has 0 saturated heterocycles. The Bertz CT molecular complexity index is 991. The van der Waals surface area contributed by atoms with Crippen LogP contribution >= 0.6 is 0 Å². The van der Waals surface area contributed by atoms with Crippen LogP contribution < -0.4 is 0 Å². The molecule has 0 aliphatic heterocycles. The summed E-state index contributed by atoms with van der Waals surface area (Å²) in [4.78, 5) is 12.4. The lowest BCUT2D eigenvalue weighted by Crippen LogP contribution is -2.13. The zero-order valence-electron chi connectivity index (χ0n) is 17.0. The van der Waals surface area contributed by atoms with Gasteiger partial charge in [0.1, 0.15) is 5.78 Å². The molecule has 3 rings (SSSR count). The van der Waals surface area contributed by atoms with Crippen LogP contribution in [0.4, 0.5) is 13.2 Å². The summed E-state index contributed by atoms with van der Waals surface area (Å²) >= 11 is 0. The quantitative estimate of drug-likeness (QED) is 0.506. The molecule has 0 atom stereocenters. The minimum absolute atomic E-state index is 0.00293. The number of halogens is 3. The van der Waals surface area contributed by atoms with Gasteiger partial charge in [0.25, 0.3) is 0 Å². The molecule has 0 aliphatic rings. The Kier molecular flexibility index (Phi) is 6.70. The number of aryl methyl sites for hydroxylation is 1. The second-order valence-electron chi connectivity index (χ2n) is 7.80. The molecular weight excluding hydrogens is 391 g/mol. The standard InChI is InChI=1S/C23H24F3N3O/c1-16(2)7-10-19-15-29(28-27-19)20-11-8-17(9-12-20)13-21(30)14-18-5-3-4-6-22(18)23(24,25)26/h3-6,8-9,11-12,15-16H,7,10,13-14H2,1-2H3. The molecule has 1 aromatic heterocycles. The zero-order chi connectivity index (χ0) is 21.7. The number of carbonyl (C=O) groups excluding carboxylic acids is 1. The number of rotatable bonds is 8. The van der Waals surface area contributed by atoms with Gasteiger partial charge in [-0.3, -0.25) is 4.79 Å². The maximum Gasteiger partial charge on any atom is 0.416 e. The number of alkyl halides is 3. The van der Waals surface area contributed by atoms with Crippen LogP contribution in [0.1, 0.15) is 42.7 Å². The average Bonchev–Trinajstić information content (AvgIpc) is 3.15. The van der Waals surface area contributed by atoms with Crippen molar-refractivity contribution in [1.29, 1.82) is 0 Å². The van der Waals surface area contributed by atoms with Gasteiger partial charge < -0.3 is 0 Å². The highest BCUT2D eigenvalue weighted by molar-refractivity contribution is 5.83. The Morgan fingerprint density at radius 1 is 1.03 bits per heavy atom. The highest BCUT2D eigenvalue weighted by Gasteiger charge is 2.33. The first-order valence-corrected chi connectivity index (χ1v) is 9.89. The molecule has 7 heteroatoms. The molecule has 0 N–H and O–H groups in total. The summed E-state index contributed by atoms with van der Waals surface area (Å²) in [5.41, 5.74) is 1.73. The molecule has 0 bridgehead atoms. The monoisotopic (exact) mass is 415 g/mol. The van der Waals surface area contributed by atoms with E-state index >= 15 is 0 Å². The lowest BCUT2D eigenvalue weighted by atomic mass is 9.98. The summed E-state index contributed by atoms with van der Waals surface area (Å²) < 4.78 is 41.0. The third kappa shape index (κ3) is 5.78. The van der Waals surface area contributed by atoms with E-state index in [9.17, 15) is 18.0 Å². The molecule has 3 aromatic rings. The first-order chi connectivity index (χ1) is 14.2. The van der Waals surface area contributed by atoms with E-state index in [1.54, 1.807) is 16.8 Å². The number of ketones is 1. The summed E-state index contributed by atoms with van der Waals surface area (Å²) in [6.45, 7) is 4.32. The molecule has 0 radical (unpaired) electrons. The van der Waals surface area contributed by atoms with Gasteiger partial charge in [0.05, 0.1) is 23.1 Å². The van der Waals surface area contributed by atoms with Crippen molar-refractivity contribution in [1.82, 2.24) is 15.0 Å². The van der Waals surface area contributed by atoms with Crippen molar-refractivity contribution in [3.8, 4) is 5.69 Å². The van der Waals surface area contributed by atoms with Crippen molar-refractivity contribution < 1.29 is 18.0 Å². The first-order valence-electron chi connectivity index (χ1n) is 9.89. The number of carbonyl (C=O) groups is 1. The molecule has 0 unspecified atom stereocenters. The second-order valence-corrected chi connectivity index (χ2v) is 7.80. The molecule has 0 saturated carbocycles. The van der Waals surface area contributed by atoms with Crippen LogP contribution in [0.3, 0.4) is 0 Å². The summed E-state index contributed by atoms with van der Waals surface area (Å²) in [6.07, 6.45) is -0.856. The fourth-order valence-corrected chi connectivity index (χ4v) is 3.20. The van der Waals surface area contributed by atoms with Gasteiger partial charge in [-0.15, -0.1) is 5.10 Å². The van der Waals surface area contributed by atoms with Gasteiger partial charge >= 0.3 is 6.18 Å². The highest BCUT2D eigenvalue weighted by Crippen LogP contribution is 2.32. The van der Waals surface area contributed by atoms with Crippen molar-refractivity contribution in [3.63, 3.8) is 0 Å². The minimum Gasteiger partial charge on any atom is -0.299 e. The molecule has 30 heavy (non-hydrogen) atoms.